The van der Waals surface area contributed by atoms with Crippen molar-refractivity contribution in [2.24, 2.45) is 5.41 Å². The number of ketones is 1. The summed E-state index contributed by atoms with van der Waals surface area (Å²) < 4.78 is 1.87. The first kappa shape index (κ1) is 17.7. The van der Waals surface area contributed by atoms with Crippen LogP contribution in [0.2, 0.25) is 0 Å². The maximum absolute atomic E-state index is 13.1. The fourth-order valence-corrected chi connectivity index (χ4v) is 4.53. The summed E-state index contributed by atoms with van der Waals surface area (Å²) in [7, 11) is 0. The van der Waals surface area contributed by atoms with Gasteiger partial charge in [-0.15, -0.1) is 16.9 Å². The van der Waals surface area contributed by atoms with Gasteiger partial charge in [0, 0.05) is 22.6 Å². The number of rotatable bonds is 3. The Hall–Kier alpha value is -1.73. The monoisotopic (exact) mass is 386 g/mol. The molecule has 1 aliphatic heterocycles. The van der Waals surface area contributed by atoms with Crippen molar-refractivity contribution in [2.45, 2.75) is 42.8 Å². The SMILES string of the molecule is CSc1ccc([C@@H]2C3=C(CC(C)(C)CC3=O)Nc3nc(SC)nn32)cc1. The van der Waals surface area contributed by atoms with E-state index in [0.717, 1.165) is 29.2 Å². The fraction of sp³-hybridized carbons (Fsp3) is 0.421. The number of anilines is 1. The number of hydrogen-bond acceptors (Lipinski definition) is 6. The smallest absolute Gasteiger partial charge is 0.227 e. The van der Waals surface area contributed by atoms with Gasteiger partial charge in [0.1, 0.15) is 6.04 Å². The first-order chi connectivity index (χ1) is 12.4. The van der Waals surface area contributed by atoms with Gasteiger partial charge in [0.15, 0.2) is 5.78 Å². The third-order valence-electron chi connectivity index (χ3n) is 4.93. The van der Waals surface area contributed by atoms with Gasteiger partial charge < -0.3 is 5.32 Å². The van der Waals surface area contributed by atoms with Crippen molar-refractivity contribution in [3.05, 3.63) is 41.1 Å². The molecule has 1 N–H and O–H groups in total. The van der Waals surface area contributed by atoms with Crippen LogP contribution < -0.4 is 5.32 Å². The average molecular weight is 387 g/mol. The normalized spacial score (nSPS) is 21.2. The van der Waals surface area contributed by atoms with E-state index in [2.05, 4.69) is 59.8 Å². The number of carbonyl (C=O) groups is 1. The Kier molecular flexibility index (Phi) is 4.39. The topological polar surface area (TPSA) is 59.8 Å². The largest absolute Gasteiger partial charge is 0.328 e. The zero-order chi connectivity index (χ0) is 18.5. The molecule has 0 unspecified atom stereocenters. The van der Waals surface area contributed by atoms with Gasteiger partial charge in [0.05, 0.1) is 0 Å². The van der Waals surface area contributed by atoms with Gasteiger partial charge in [-0.25, -0.2) is 4.68 Å². The third-order valence-corrected chi connectivity index (χ3v) is 6.21. The van der Waals surface area contributed by atoms with Crippen LogP contribution in [0.25, 0.3) is 0 Å². The lowest BCUT2D eigenvalue weighted by Gasteiger charge is -2.38. The molecule has 26 heavy (non-hydrogen) atoms. The maximum atomic E-state index is 13.1. The second-order valence-corrected chi connectivity index (χ2v) is 9.15. The Morgan fingerprint density at radius 2 is 1.88 bits per heavy atom. The molecular weight excluding hydrogens is 364 g/mol. The molecule has 2 aliphatic rings. The Balaban J connectivity index is 1.87. The summed E-state index contributed by atoms with van der Waals surface area (Å²) in [4.78, 5) is 18.9. The summed E-state index contributed by atoms with van der Waals surface area (Å²) in [5.74, 6) is 0.923. The highest BCUT2D eigenvalue weighted by molar-refractivity contribution is 7.98. The quantitative estimate of drug-likeness (QED) is 0.790. The summed E-state index contributed by atoms with van der Waals surface area (Å²) in [6.07, 6.45) is 5.43. The van der Waals surface area contributed by atoms with Crippen molar-refractivity contribution in [3.8, 4) is 0 Å². The Bertz CT molecular complexity index is 899. The fourth-order valence-electron chi connectivity index (χ4n) is 3.77. The minimum Gasteiger partial charge on any atom is -0.328 e. The molecule has 1 aromatic heterocycles. The Morgan fingerprint density at radius 3 is 2.54 bits per heavy atom. The van der Waals surface area contributed by atoms with Crippen molar-refractivity contribution in [1.29, 1.82) is 0 Å². The highest BCUT2D eigenvalue weighted by atomic mass is 32.2. The second kappa shape index (κ2) is 6.46. The number of thioether (sulfide) groups is 2. The highest BCUT2D eigenvalue weighted by Crippen LogP contribution is 2.45. The van der Waals surface area contributed by atoms with Crippen molar-refractivity contribution >= 4 is 35.3 Å². The van der Waals surface area contributed by atoms with E-state index in [9.17, 15) is 4.79 Å². The van der Waals surface area contributed by atoms with E-state index in [1.807, 2.05) is 10.9 Å². The minimum absolute atomic E-state index is 0.0410. The molecule has 0 saturated carbocycles. The van der Waals surface area contributed by atoms with Crippen molar-refractivity contribution in [3.63, 3.8) is 0 Å². The van der Waals surface area contributed by atoms with Crippen LogP contribution in [0.3, 0.4) is 0 Å². The summed E-state index contributed by atoms with van der Waals surface area (Å²) in [6, 6.07) is 8.19. The third kappa shape index (κ3) is 2.97. The van der Waals surface area contributed by atoms with Gasteiger partial charge in [-0.3, -0.25) is 4.79 Å². The van der Waals surface area contributed by atoms with Gasteiger partial charge in [-0.2, -0.15) is 4.98 Å². The molecule has 4 rings (SSSR count). The van der Waals surface area contributed by atoms with E-state index in [4.69, 9.17) is 0 Å². The molecule has 0 fully saturated rings. The summed E-state index contributed by atoms with van der Waals surface area (Å²) >= 11 is 3.22. The number of carbonyl (C=O) groups excluding carboxylic acids is 1. The van der Waals surface area contributed by atoms with E-state index >= 15 is 0 Å². The van der Waals surface area contributed by atoms with Crippen LogP contribution in [0.5, 0.6) is 0 Å². The first-order valence-corrected chi connectivity index (χ1v) is 11.0. The Labute approximate surface area is 162 Å². The van der Waals surface area contributed by atoms with Crippen LogP contribution in [0.4, 0.5) is 5.95 Å². The van der Waals surface area contributed by atoms with Crippen LogP contribution in [0.15, 0.2) is 45.6 Å². The number of allylic oxidation sites excluding steroid dienone is 2. The predicted molar refractivity (Wildman–Crippen MR) is 107 cm³/mol. The van der Waals surface area contributed by atoms with Gasteiger partial charge >= 0.3 is 0 Å². The molecule has 136 valence electrons. The molecule has 1 aliphatic carbocycles. The van der Waals surface area contributed by atoms with Crippen molar-refractivity contribution in [2.75, 3.05) is 17.8 Å². The number of nitrogens with zero attached hydrogens (tertiary/aromatic N) is 3. The number of fused-ring (bicyclic) bond motifs is 1. The number of benzene rings is 1. The van der Waals surface area contributed by atoms with E-state index in [1.165, 1.54) is 16.7 Å². The molecule has 0 spiro atoms. The summed E-state index contributed by atoms with van der Waals surface area (Å²) in [5, 5.41) is 8.75. The molecule has 1 aromatic carbocycles. The number of Topliss-reactive ketones (excluding diaryl/α,β-unsaturated/α-hetero) is 1. The van der Waals surface area contributed by atoms with Gasteiger partial charge in [0.25, 0.3) is 0 Å². The molecular formula is C19H22N4OS2. The lowest BCUT2D eigenvalue weighted by atomic mass is 9.73. The van der Waals surface area contributed by atoms with Gasteiger partial charge in [0.2, 0.25) is 11.1 Å². The average Bonchev–Trinajstić information content (AvgIpc) is 3.01. The summed E-state index contributed by atoms with van der Waals surface area (Å²) in [6.45, 7) is 4.29. The molecule has 0 amide bonds. The van der Waals surface area contributed by atoms with Crippen LogP contribution >= 0.6 is 23.5 Å². The zero-order valence-corrected chi connectivity index (χ0v) is 17.0. The lowest BCUT2D eigenvalue weighted by Crippen LogP contribution is -2.36. The lowest BCUT2D eigenvalue weighted by molar-refractivity contribution is -0.118. The first-order valence-electron chi connectivity index (χ1n) is 8.59. The van der Waals surface area contributed by atoms with E-state index in [0.29, 0.717) is 11.6 Å². The molecule has 2 heterocycles. The molecule has 0 radical (unpaired) electrons. The maximum Gasteiger partial charge on any atom is 0.227 e. The van der Waals surface area contributed by atoms with Crippen LogP contribution in [-0.2, 0) is 4.79 Å². The van der Waals surface area contributed by atoms with Crippen LogP contribution in [0, 0.1) is 5.41 Å². The number of aromatic nitrogens is 3. The highest BCUT2D eigenvalue weighted by Gasteiger charge is 2.41. The summed E-state index contributed by atoms with van der Waals surface area (Å²) in [5.41, 5.74) is 2.87. The predicted octanol–water partition coefficient (Wildman–Crippen LogP) is 4.38. The number of hydrogen-bond donors (Lipinski definition) is 1. The second-order valence-electron chi connectivity index (χ2n) is 7.50. The molecule has 7 heteroatoms. The molecule has 2 aromatic rings. The molecule has 1 atom stereocenters. The van der Waals surface area contributed by atoms with E-state index < -0.39 is 0 Å². The number of nitrogens with one attached hydrogen (secondary N) is 1. The minimum atomic E-state index is -0.214. The van der Waals surface area contributed by atoms with Gasteiger partial charge in [-0.1, -0.05) is 37.7 Å². The molecule has 0 bridgehead atoms. The van der Waals surface area contributed by atoms with Crippen LogP contribution in [0.1, 0.15) is 38.3 Å². The van der Waals surface area contributed by atoms with Gasteiger partial charge in [-0.05, 0) is 42.0 Å². The molecule has 0 saturated heterocycles. The van der Waals surface area contributed by atoms with Crippen LogP contribution in [-0.4, -0.2) is 33.1 Å². The molecule has 5 nitrogen and oxygen atoms in total. The van der Waals surface area contributed by atoms with Crippen molar-refractivity contribution in [1.82, 2.24) is 14.8 Å². The standard InChI is InChI=1S/C19H22N4OS2/c1-19(2)9-13-15(14(24)10-19)16(11-5-7-12(25-3)8-6-11)23-17(20-13)21-18(22-23)26-4/h5-8,16H,9-10H2,1-4H3,(H,20,21,22)/t16-/m1/s1. The zero-order valence-electron chi connectivity index (χ0n) is 15.4. The Morgan fingerprint density at radius 1 is 1.15 bits per heavy atom. The van der Waals surface area contributed by atoms with E-state index in [-0.39, 0.29) is 17.2 Å². The van der Waals surface area contributed by atoms with Crippen molar-refractivity contribution < 1.29 is 4.79 Å². The van der Waals surface area contributed by atoms with E-state index in [1.54, 1.807) is 11.8 Å².